The van der Waals surface area contributed by atoms with Gasteiger partial charge in [-0.25, -0.2) is 0 Å². The molecule has 2 aromatic rings. The molecule has 188 valence electrons. The molecule has 35 heavy (non-hydrogen) atoms. The third kappa shape index (κ3) is 12.5. The fraction of sp³-hybridized carbons (Fsp3) is 0.370. The molecule has 0 saturated carbocycles. The monoisotopic (exact) mass is 480 g/mol. The topological polar surface area (TPSA) is 139 Å². The lowest BCUT2D eigenvalue weighted by Crippen LogP contribution is -2.46. The van der Waals surface area contributed by atoms with Crippen LogP contribution in [0, 0.1) is 11.8 Å². The number of benzene rings is 2. The molecule has 6 N–H and O–H groups in total. The molecule has 0 aliphatic rings. The lowest BCUT2D eigenvalue weighted by atomic mass is 10.1. The number of nitrogens with two attached hydrogens (primary N) is 2. The highest BCUT2D eigenvalue weighted by molar-refractivity contribution is 5.98. The summed E-state index contributed by atoms with van der Waals surface area (Å²) in [5.41, 5.74) is 13.7. The van der Waals surface area contributed by atoms with E-state index in [0.717, 1.165) is 36.9 Å². The molecular weight excluding hydrogens is 444 g/mol. The summed E-state index contributed by atoms with van der Waals surface area (Å²) in [6.45, 7) is 2.00. The molecule has 0 aliphatic heterocycles. The van der Waals surface area contributed by atoms with Crippen LogP contribution in [0.2, 0.25) is 0 Å². The standard InChI is InChI=1S/C19H19N3O3.C8H17NO/c20-11-17(18(24)12-23)22-19(25)15-7-3-13(4-8-15)1-2-14-5-9-16(21)10-6-14;1-8(10)6-4-5-7-9(2)3/h3-10,17,23H,11-12,20-21H2,(H,22,25);4-7H2,1-3H3/t17-;/m0./s1. The maximum atomic E-state index is 12.1. The van der Waals surface area contributed by atoms with Gasteiger partial charge >= 0.3 is 0 Å². The van der Waals surface area contributed by atoms with Crippen LogP contribution in [0.3, 0.4) is 0 Å². The van der Waals surface area contributed by atoms with Crippen LogP contribution >= 0.6 is 0 Å². The second-order valence-electron chi connectivity index (χ2n) is 8.30. The molecule has 8 nitrogen and oxygen atoms in total. The first-order valence-corrected chi connectivity index (χ1v) is 11.4. The third-order valence-electron chi connectivity index (χ3n) is 4.88. The zero-order valence-corrected chi connectivity index (χ0v) is 20.7. The van der Waals surface area contributed by atoms with Gasteiger partial charge in [0.05, 0.1) is 0 Å². The van der Waals surface area contributed by atoms with Gasteiger partial charge in [0.25, 0.3) is 5.91 Å². The largest absolute Gasteiger partial charge is 0.399 e. The van der Waals surface area contributed by atoms with E-state index in [-0.39, 0.29) is 6.54 Å². The highest BCUT2D eigenvalue weighted by Crippen LogP contribution is 2.06. The van der Waals surface area contributed by atoms with E-state index in [9.17, 15) is 14.4 Å². The molecule has 2 rings (SSSR count). The molecule has 0 aromatic heterocycles. The SMILES string of the molecule is CC(=O)CCCCN(C)C.NC[C@H](NC(=O)c1ccc(C#Cc2ccc(N)cc2)cc1)C(=O)CO. The Morgan fingerprint density at radius 2 is 1.51 bits per heavy atom. The number of Topliss-reactive ketones (excluding diaryl/α,β-unsaturated/α-hetero) is 2. The zero-order chi connectivity index (χ0) is 26.2. The van der Waals surface area contributed by atoms with Gasteiger partial charge in [0, 0.05) is 35.3 Å². The number of aliphatic hydroxyl groups excluding tert-OH is 1. The Balaban J connectivity index is 0.000000518. The summed E-state index contributed by atoms with van der Waals surface area (Å²) < 4.78 is 0. The second kappa shape index (κ2) is 16.2. The molecule has 0 unspecified atom stereocenters. The molecule has 0 fully saturated rings. The van der Waals surface area contributed by atoms with Gasteiger partial charge < -0.3 is 31.6 Å². The van der Waals surface area contributed by atoms with E-state index in [0.29, 0.717) is 17.0 Å². The van der Waals surface area contributed by atoms with E-state index in [2.05, 4.69) is 22.1 Å². The van der Waals surface area contributed by atoms with Gasteiger partial charge in [0.1, 0.15) is 18.4 Å². The fourth-order valence-corrected chi connectivity index (χ4v) is 2.84. The van der Waals surface area contributed by atoms with Crippen molar-refractivity contribution >= 4 is 23.2 Å². The highest BCUT2D eigenvalue weighted by atomic mass is 16.3. The van der Waals surface area contributed by atoms with Crippen LogP contribution in [0.25, 0.3) is 0 Å². The van der Waals surface area contributed by atoms with Crippen LogP contribution in [0.1, 0.15) is 47.7 Å². The molecule has 0 aliphatic carbocycles. The number of unbranched alkanes of at least 4 members (excludes halogenated alkanes) is 1. The van der Waals surface area contributed by atoms with Crippen molar-refractivity contribution in [2.75, 3.05) is 39.5 Å². The second-order valence-corrected chi connectivity index (χ2v) is 8.30. The third-order valence-corrected chi connectivity index (χ3v) is 4.88. The number of rotatable bonds is 10. The number of hydrogen-bond donors (Lipinski definition) is 4. The molecule has 0 spiro atoms. The van der Waals surface area contributed by atoms with E-state index < -0.39 is 24.3 Å². The first-order valence-electron chi connectivity index (χ1n) is 11.4. The van der Waals surface area contributed by atoms with Gasteiger partial charge in [0.2, 0.25) is 0 Å². The Hall–Kier alpha value is -3.51. The molecule has 2 aromatic carbocycles. The van der Waals surface area contributed by atoms with Crippen molar-refractivity contribution in [3.8, 4) is 11.8 Å². The minimum absolute atomic E-state index is 0.0731. The number of carbonyl (C=O) groups excluding carboxylic acids is 3. The van der Waals surface area contributed by atoms with Crippen molar-refractivity contribution < 1.29 is 19.5 Å². The van der Waals surface area contributed by atoms with Gasteiger partial charge in [-0.05, 0) is 88.9 Å². The highest BCUT2D eigenvalue weighted by Gasteiger charge is 2.18. The molecule has 0 saturated heterocycles. The van der Waals surface area contributed by atoms with E-state index in [1.807, 2.05) is 26.2 Å². The van der Waals surface area contributed by atoms with Crippen molar-refractivity contribution in [1.82, 2.24) is 10.2 Å². The molecule has 8 heteroatoms. The number of amides is 1. The van der Waals surface area contributed by atoms with E-state index in [1.54, 1.807) is 43.3 Å². The summed E-state index contributed by atoms with van der Waals surface area (Å²) in [4.78, 5) is 36.2. The Bertz CT molecular complexity index is 1010. The van der Waals surface area contributed by atoms with E-state index in [1.165, 1.54) is 0 Å². The van der Waals surface area contributed by atoms with Crippen molar-refractivity contribution in [3.63, 3.8) is 0 Å². The van der Waals surface area contributed by atoms with Crippen LogP contribution in [-0.4, -0.2) is 67.3 Å². The Kier molecular flexibility index (Phi) is 13.6. The Labute approximate surface area is 207 Å². The van der Waals surface area contributed by atoms with Gasteiger partial charge in [0.15, 0.2) is 5.78 Å². The predicted molar refractivity (Wildman–Crippen MR) is 139 cm³/mol. The molecule has 0 radical (unpaired) electrons. The average Bonchev–Trinajstić information content (AvgIpc) is 2.84. The van der Waals surface area contributed by atoms with Gasteiger partial charge in [-0.3, -0.25) is 9.59 Å². The Morgan fingerprint density at radius 3 is 1.97 bits per heavy atom. The summed E-state index contributed by atoms with van der Waals surface area (Å²) in [7, 11) is 4.10. The van der Waals surface area contributed by atoms with Crippen molar-refractivity contribution in [1.29, 1.82) is 0 Å². The number of ketones is 2. The number of hydrogen-bond acceptors (Lipinski definition) is 7. The van der Waals surface area contributed by atoms with Crippen LogP contribution in [0.5, 0.6) is 0 Å². The molecular formula is C27H36N4O4. The minimum atomic E-state index is -0.900. The molecule has 0 heterocycles. The number of aliphatic hydroxyl groups is 1. The summed E-state index contributed by atoms with van der Waals surface area (Å²) in [5, 5.41) is 11.3. The Morgan fingerprint density at radius 1 is 0.971 bits per heavy atom. The van der Waals surface area contributed by atoms with E-state index in [4.69, 9.17) is 16.6 Å². The van der Waals surface area contributed by atoms with Crippen LogP contribution in [0.15, 0.2) is 48.5 Å². The van der Waals surface area contributed by atoms with Crippen molar-refractivity contribution in [3.05, 3.63) is 65.2 Å². The lowest BCUT2D eigenvalue weighted by molar-refractivity contribution is -0.123. The molecule has 1 atom stereocenters. The summed E-state index contributed by atoms with van der Waals surface area (Å²) in [6.07, 6.45) is 2.91. The summed E-state index contributed by atoms with van der Waals surface area (Å²) >= 11 is 0. The van der Waals surface area contributed by atoms with Crippen molar-refractivity contribution in [2.24, 2.45) is 5.73 Å². The summed E-state index contributed by atoms with van der Waals surface area (Å²) in [5.74, 6) is 5.35. The number of anilines is 1. The molecule has 0 bridgehead atoms. The fourth-order valence-electron chi connectivity index (χ4n) is 2.84. The zero-order valence-electron chi connectivity index (χ0n) is 20.7. The average molecular weight is 481 g/mol. The quantitative estimate of drug-likeness (QED) is 0.230. The first-order chi connectivity index (χ1) is 16.7. The van der Waals surface area contributed by atoms with Crippen LogP contribution in [0.4, 0.5) is 5.69 Å². The smallest absolute Gasteiger partial charge is 0.251 e. The molecule has 1 amide bonds. The first kappa shape index (κ1) is 29.5. The number of carbonyl (C=O) groups is 3. The predicted octanol–water partition coefficient (Wildman–Crippen LogP) is 1.59. The van der Waals surface area contributed by atoms with Gasteiger partial charge in [-0.1, -0.05) is 11.8 Å². The van der Waals surface area contributed by atoms with Crippen LogP contribution in [-0.2, 0) is 9.59 Å². The number of nitrogens with zero attached hydrogens (tertiary/aromatic N) is 1. The lowest BCUT2D eigenvalue weighted by Gasteiger charge is -2.14. The summed E-state index contributed by atoms with van der Waals surface area (Å²) in [6, 6.07) is 13.0. The van der Waals surface area contributed by atoms with Crippen LogP contribution < -0.4 is 16.8 Å². The normalized spacial score (nSPS) is 10.9. The minimum Gasteiger partial charge on any atom is -0.399 e. The number of nitrogen functional groups attached to an aromatic ring is 1. The van der Waals surface area contributed by atoms with Gasteiger partial charge in [-0.2, -0.15) is 0 Å². The van der Waals surface area contributed by atoms with E-state index >= 15 is 0 Å². The maximum Gasteiger partial charge on any atom is 0.251 e. The number of nitrogens with one attached hydrogen (secondary N) is 1. The van der Waals surface area contributed by atoms with Gasteiger partial charge in [-0.15, -0.1) is 0 Å². The maximum absolute atomic E-state index is 12.1. The van der Waals surface area contributed by atoms with Crippen molar-refractivity contribution in [2.45, 2.75) is 32.2 Å².